The van der Waals surface area contributed by atoms with Crippen molar-refractivity contribution in [3.05, 3.63) is 36.0 Å². The van der Waals surface area contributed by atoms with Gasteiger partial charge in [0, 0.05) is 24.7 Å². The summed E-state index contributed by atoms with van der Waals surface area (Å²) < 4.78 is 11.3. The zero-order valence-corrected chi connectivity index (χ0v) is 12.9. The molecular weight excluding hydrogens is 264 g/mol. The molecule has 0 amide bonds. The highest BCUT2D eigenvalue weighted by Crippen LogP contribution is 2.25. The fourth-order valence-electron chi connectivity index (χ4n) is 2.22. The van der Waals surface area contributed by atoms with E-state index in [9.17, 15) is 0 Å². The van der Waals surface area contributed by atoms with Gasteiger partial charge in [-0.3, -0.25) is 0 Å². The summed E-state index contributed by atoms with van der Waals surface area (Å²) in [5, 5.41) is 5.41. The molecule has 0 unspecified atom stereocenters. The molecule has 0 saturated carbocycles. The fourth-order valence-corrected chi connectivity index (χ4v) is 2.22. The van der Waals surface area contributed by atoms with Gasteiger partial charge in [0.05, 0.1) is 6.61 Å². The molecule has 1 heterocycles. The molecule has 1 N–H and O–H groups in total. The molecule has 0 aliphatic heterocycles. The maximum atomic E-state index is 5.78. The number of nitrogens with zero attached hydrogens (tertiary/aromatic N) is 1. The molecular formula is C17H24N2O2. The van der Waals surface area contributed by atoms with Crippen LogP contribution in [0.4, 0.5) is 0 Å². The monoisotopic (exact) mass is 288 g/mol. The van der Waals surface area contributed by atoms with E-state index >= 15 is 0 Å². The first kappa shape index (κ1) is 15.7. The van der Waals surface area contributed by atoms with Crippen molar-refractivity contribution in [1.29, 1.82) is 0 Å². The molecule has 1 aromatic carbocycles. The second kappa shape index (κ2) is 8.60. The van der Waals surface area contributed by atoms with E-state index in [0.717, 1.165) is 31.4 Å². The van der Waals surface area contributed by atoms with Gasteiger partial charge in [-0.1, -0.05) is 31.5 Å². The first-order chi connectivity index (χ1) is 10.4. The van der Waals surface area contributed by atoms with E-state index in [1.54, 1.807) is 0 Å². The van der Waals surface area contributed by atoms with Crippen LogP contribution in [-0.4, -0.2) is 31.9 Å². The Morgan fingerprint density at radius 2 is 1.90 bits per heavy atom. The van der Waals surface area contributed by atoms with E-state index in [1.807, 2.05) is 25.4 Å². The van der Waals surface area contributed by atoms with Gasteiger partial charge in [-0.05, 0) is 30.5 Å². The van der Waals surface area contributed by atoms with Gasteiger partial charge in [0.2, 0.25) is 5.88 Å². The number of rotatable bonds is 9. The molecule has 4 nitrogen and oxygen atoms in total. The summed E-state index contributed by atoms with van der Waals surface area (Å²) in [4.78, 5) is 4.44. The van der Waals surface area contributed by atoms with Gasteiger partial charge < -0.3 is 14.8 Å². The van der Waals surface area contributed by atoms with Crippen LogP contribution in [0.25, 0.3) is 10.8 Å². The normalized spacial score (nSPS) is 11.0. The van der Waals surface area contributed by atoms with E-state index < -0.39 is 0 Å². The lowest BCUT2D eigenvalue weighted by molar-refractivity contribution is 0.0971. The summed E-state index contributed by atoms with van der Waals surface area (Å²) in [6.45, 7) is 4.89. The number of pyridine rings is 1. The SMILES string of the molecule is CCCCOCCOc1ncc(CNC)c2ccccc12. The average molecular weight is 288 g/mol. The van der Waals surface area contributed by atoms with Crippen molar-refractivity contribution < 1.29 is 9.47 Å². The van der Waals surface area contributed by atoms with Crippen molar-refractivity contribution in [2.24, 2.45) is 0 Å². The van der Waals surface area contributed by atoms with Gasteiger partial charge in [0.15, 0.2) is 0 Å². The van der Waals surface area contributed by atoms with Crippen molar-refractivity contribution in [2.45, 2.75) is 26.3 Å². The summed E-state index contributed by atoms with van der Waals surface area (Å²) in [7, 11) is 1.94. The Hall–Kier alpha value is -1.65. The molecule has 4 heteroatoms. The number of fused-ring (bicyclic) bond motifs is 1. The van der Waals surface area contributed by atoms with Gasteiger partial charge in [-0.15, -0.1) is 0 Å². The van der Waals surface area contributed by atoms with Crippen LogP contribution in [0.15, 0.2) is 30.5 Å². The third-order valence-corrected chi connectivity index (χ3v) is 3.32. The van der Waals surface area contributed by atoms with Gasteiger partial charge in [-0.25, -0.2) is 4.98 Å². The highest BCUT2D eigenvalue weighted by Gasteiger charge is 2.07. The van der Waals surface area contributed by atoms with Crippen LogP contribution >= 0.6 is 0 Å². The molecule has 0 aliphatic rings. The Kier molecular flexibility index (Phi) is 6.44. The highest BCUT2D eigenvalue weighted by atomic mass is 16.5. The topological polar surface area (TPSA) is 43.4 Å². The number of ether oxygens (including phenoxy) is 2. The van der Waals surface area contributed by atoms with E-state index in [-0.39, 0.29) is 0 Å². The first-order valence-corrected chi connectivity index (χ1v) is 7.58. The predicted molar refractivity (Wildman–Crippen MR) is 85.7 cm³/mol. The van der Waals surface area contributed by atoms with Crippen molar-refractivity contribution in [1.82, 2.24) is 10.3 Å². The summed E-state index contributed by atoms with van der Waals surface area (Å²) in [5.41, 5.74) is 1.18. The fraction of sp³-hybridized carbons (Fsp3) is 0.471. The van der Waals surface area contributed by atoms with Crippen LogP contribution < -0.4 is 10.1 Å². The van der Waals surface area contributed by atoms with Gasteiger partial charge >= 0.3 is 0 Å². The maximum absolute atomic E-state index is 5.78. The zero-order chi connectivity index (χ0) is 14.9. The summed E-state index contributed by atoms with van der Waals surface area (Å²) >= 11 is 0. The minimum atomic E-state index is 0.534. The number of hydrogen-bond acceptors (Lipinski definition) is 4. The molecule has 0 aliphatic carbocycles. The third-order valence-electron chi connectivity index (χ3n) is 3.32. The standard InChI is InChI=1S/C17H24N2O2/c1-3-4-9-20-10-11-21-17-16-8-6-5-7-15(16)14(12-18-2)13-19-17/h5-8,13,18H,3-4,9-12H2,1-2H3. The number of nitrogens with one attached hydrogen (secondary N) is 1. The van der Waals surface area contributed by atoms with Crippen molar-refractivity contribution in [3.8, 4) is 5.88 Å². The number of hydrogen-bond donors (Lipinski definition) is 1. The second-order valence-corrected chi connectivity index (χ2v) is 4.98. The van der Waals surface area contributed by atoms with Gasteiger partial charge in [0.25, 0.3) is 0 Å². The third kappa shape index (κ3) is 4.41. The summed E-state index contributed by atoms with van der Waals surface area (Å²) in [6, 6.07) is 8.21. The largest absolute Gasteiger partial charge is 0.475 e. The smallest absolute Gasteiger partial charge is 0.221 e. The van der Waals surface area contributed by atoms with Crippen molar-refractivity contribution in [3.63, 3.8) is 0 Å². The quantitative estimate of drug-likeness (QED) is 0.720. The molecule has 0 spiro atoms. The van der Waals surface area contributed by atoms with E-state index in [0.29, 0.717) is 19.1 Å². The minimum Gasteiger partial charge on any atom is -0.475 e. The van der Waals surface area contributed by atoms with Crippen LogP contribution in [0.2, 0.25) is 0 Å². The lowest BCUT2D eigenvalue weighted by Gasteiger charge is -2.11. The van der Waals surface area contributed by atoms with E-state index in [4.69, 9.17) is 9.47 Å². The van der Waals surface area contributed by atoms with Gasteiger partial charge in [-0.2, -0.15) is 0 Å². The van der Waals surface area contributed by atoms with Crippen LogP contribution in [-0.2, 0) is 11.3 Å². The second-order valence-electron chi connectivity index (χ2n) is 4.98. The van der Waals surface area contributed by atoms with Crippen LogP contribution in [0, 0.1) is 0 Å². The number of unbranched alkanes of at least 4 members (excludes halogenated alkanes) is 1. The maximum Gasteiger partial charge on any atom is 0.221 e. The molecule has 21 heavy (non-hydrogen) atoms. The van der Waals surface area contributed by atoms with Gasteiger partial charge in [0.1, 0.15) is 6.61 Å². The molecule has 0 atom stereocenters. The highest BCUT2D eigenvalue weighted by molar-refractivity contribution is 5.89. The molecule has 114 valence electrons. The lowest BCUT2D eigenvalue weighted by atomic mass is 10.1. The van der Waals surface area contributed by atoms with Crippen molar-refractivity contribution in [2.75, 3.05) is 26.9 Å². The van der Waals surface area contributed by atoms with E-state index in [1.165, 1.54) is 10.9 Å². The van der Waals surface area contributed by atoms with Crippen LogP contribution in [0.1, 0.15) is 25.3 Å². The van der Waals surface area contributed by atoms with E-state index in [2.05, 4.69) is 29.4 Å². The predicted octanol–water partition coefficient (Wildman–Crippen LogP) is 3.15. The Morgan fingerprint density at radius 3 is 2.67 bits per heavy atom. The molecule has 0 fully saturated rings. The summed E-state index contributed by atoms with van der Waals surface area (Å²) in [5.74, 6) is 0.685. The Morgan fingerprint density at radius 1 is 1.10 bits per heavy atom. The molecule has 0 radical (unpaired) electrons. The molecule has 0 saturated heterocycles. The number of benzene rings is 1. The Balaban J connectivity index is 2.02. The number of aromatic nitrogens is 1. The lowest BCUT2D eigenvalue weighted by Crippen LogP contribution is -2.10. The Bertz CT molecular complexity index is 557. The first-order valence-electron chi connectivity index (χ1n) is 7.58. The van der Waals surface area contributed by atoms with Crippen LogP contribution in [0.5, 0.6) is 5.88 Å². The summed E-state index contributed by atoms with van der Waals surface area (Å²) in [6.07, 6.45) is 4.13. The minimum absolute atomic E-state index is 0.534. The average Bonchev–Trinajstić information content (AvgIpc) is 2.52. The zero-order valence-electron chi connectivity index (χ0n) is 12.9. The Labute approximate surface area is 126 Å². The molecule has 1 aromatic heterocycles. The van der Waals surface area contributed by atoms with Crippen LogP contribution in [0.3, 0.4) is 0 Å². The molecule has 0 bridgehead atoms. The molecule has 2 aromatic rings. The van der Waals surface area contributed by atoms with Crippen molar-refractivity contribution >= 4 is 10.8 Å². The molecule has 2 rings (SSSR count).